The zero-order valence-corrected chi connectivity index (χ0v) is 16.0. The summed E-state index contributed by atoms with van der Waals surface area (Å²) in [6.45, 7) is 6.69. The first-order valence-electron chi connectivity index (χ1n) is 8.66. The molecule has 4 rings (SSSR count). The van der Waals surface area contributed by atoms with E-state index in [1.54, 1.807) is 6.33 Å². The van der Waals surface area contributed by atoms with E-state index in [0.29, 0.717) is 0 Å². The summed E-state index contributed by atoms with van der Waals surface area (Å²) < 4.78 is 14.0. The summed E-state index contributed by atoms with van der Waals surface area (Å²) in [6, 6.07) is 10.4. The van der Waals surface area contributed by atoms with Gasteiger partial charge in [0, 0.05) is 25.7 Å². The third-order valence-corrected chi connectivity index (χ3v) is 5.30. The number of ether oxygens (including phenoxy) is 1. The minimum absolute atomic E-state index is 0.140. The van der Waals surface area contributed by atoms with Crippen LogP contribution in [0.1, 0.15) is 23.8 Å². The van der Waals surface area contributed by atoms with Crippen LogP contribution in [0.2, 0.25) is 0 Å². The fraction of sp³-hybridized carbons (Fsp3) is 0.368. The van der Waals surface area contributed by atoms with E-state index in [9.17, 15) is 0 Å². The highest BCUT2D eigenvalue weighted by atomic mass is 32.2. The van der Waals surface area contributed by atoms with Crippen molar-refractivity contribution in [1.29, 1.82) is 0 Å². The third kappa shape index (κ3) is 3.78. The number of fused-ring (bicyclic) bond motifs is 1. The van der Waals surface area contributed by atoms with Crippen LogP contribution in [-0.4, -0.2) is 32.3 Å². The van der Waals surface area contributed by atoms with Crippen molar-refractivity contribution in [2.24, 2.45) is 7.05 Å². The monoisotopic (exact) mass is 370 g/mol. The predicted molar refractivity (Wildman–Crippen MR) is 99.2 cm³/mol. The molecule has 0 saturated heterocycles. The molecule has 3 aromatic rings. The van der Waals surface area contributed by atoms with Gasteiger partial charge in [0.1, 0.15) is 23.9 Å². The Labute approximate surface area is 157 Å². The molecule has 0 unspecified atom stereocenters. The molecule has 3 heterocycles. The summed E-state index contributed by atoms with van der Waals surface area (Å²) in [7, 11) is 1.92. The summed E-state index contributed by atoms with van der Waals surface area (Å²) in [5.41, 5.74) is 2.48. The van der Waals surface area contributed by atoms with Crippen LogP contribution in [0.5, 0.6) is 5.75 Å². The minimum atomic E-state index is 0.140. The Morgan fingerprint density at radius 3 is 2.96 bits per heavy atom. The van der Waals surface area contributed by atoms with E-state index in [-0.39, 0.29) is 6.10 Å². The van der Waals surface area contributed by atoms with Crippen LogP contribution >= 0.6 is 11.8 Å². The zero-order chi connectivity index (χ0) is 18.1. The Hall–Kier alpha value is -2.25. The van der Waals surface area contributed by atoms with Crippen molar-refractivity contribution in [2.75, 3.05) is 6.54 Å². The Morgan fingerprint density at radius 2 is 2.15 bits per heavy atom. The van der Waals surface area contributed by atoms with Gasteiger partial charge in [0.25, 0.3) is 0 Å². The second-order valence-corrected chi connectivity index (χ2v) is 7.73. The Bertz CT molecular complexity index is 905. The summed E-state index contributed by atoms with van der Waals surface area (Å²) in [5, 5.41) is 9.61. The normalized spacial score (nSPS) is 17.6. The van der Waals surface area contributed by atoms with Gasteiger partial charge in [-0.1, -0.05) is 17.7 Å². The molecule has 1 aromatic carbocycles. The van der Waals surface area contributed by atoms with Crippen molar-refractivity contribution in [3.05, 3.63) is 53.5 Å². The third-order valence-electron chi connectivity index (χ3n) is 4.33. The molecule has 0 bridgehead atoms. The molecule has 136 valence electrons. The molecule has 0 amide bonds. The van der Waals surface area contributed by atoms with Gasteiger partial charge in [0.2, 0.25) is 0 Å². The van der Waals surface area contributed by atoms with Crippen molar-refractivity contribution in [3.63, 3.8) is 0 Å². The van der Waals surface area contributed by atoms with E-state index in [0.717, 1.165) is 41.4 Å². The average molecular weight is 370 g/mol. The lowest BCUT2D eigenvalue weighted by atomic mass is 10.1. The van der Waals surface area contributed by atoms with Crippen molar-refractivity contribution >= 4 is 11.8 Å². The van der Waals surface area contributed by atoms with E-state index >= 15 is 0 Å². The molecule has 6 nitrogen and oxygen atoms in total. The molecule has 0 radical (unpaired) electrons. The topological polar surface area (TPSA) is 56.3 Å². The van der Waals surface area contributed by atoms with Crippen LogP contribution in [0.15, 0.2) is 51.3 Å². The zero-order valence-electron chi connectivity index (χ0n) is 15.2. The van der Waals surface area contributed by atoms with Crippen LogP contribution in [0.3, 0.4) is 0 Å². The molecule has 0 saturated carbocycles. The number of benzene rings is 1. The van der Waals surface area contributed by atoms with Crippen LogP contribution in [-0.2, 0) is 20.1 Å². The minimum Gasteiger partial charge on any atom is -0.489 e. The van der Waals surface area contributed by atoms with E-state index in [1.807, 2.05) is 23.7 Å². The number of hydrogen-bond acceptors (Lipinski definition) is 6. The lowest BCUT2D eigenvalue weighted by Gasteiger charge is -2.20. The van der Waals surface area contributed by atoms with Crippen LogP contribution in [0.25, 0.3) is 0 Å². The first-order chi connectivity index (χ1) is 12.6. The molecule has 7 heteroatoms. The second-order valence-electron chi connectivity index (χ2n) is 6.76. The number of aryl methyl sites for hydroxylation is 2. The van der Waals surface area contributed by atoms with Gasteiger partial charge >= 0.3 is 0 Å². The summed E-state index contributed by atoms with van der Waals surface area (Å²) in [4.78, 5) is 2.37. The van der Waals surface area contributed by atoms with Crippen LogP contribution in [0.4, 0.5) is 0 Å². The highest BCUT2D eigenvalue weighted by molar-refractivity contribution is 7.99. The summed E-state index contributed by atoms with van der Waals surface area (Å²) in [6.07, 6.45) is 1.82. The number of furan rings is 1. The van der Waals surface area contributed by atoms with E-state index < -0.39 is 0 Å². The van der Waals surface area contributed by atoms with E-state index in [4.69, 9.17) is 9.15 Å². The number of nitrogens with zero attached hydrogens (tertiary/aromatic N) is 4. The first kappa shape index (κ1) is 17.2. The SMILES string of the molecule is Cc1ccc2c(c1)CN(Cc1ccc(Sc3nncn3C)o1)C[C@H](C)O2. The Balaban J connectivity index is 1.47. The second kappa shape index (κ2) is 7.17. The van der Waals surface area contributed by atoms with E-state index in [1.165, 1.54) is 22.9 Å². The smallest absolute Gasteiger partial charge is 0.198 e. The molecular weight excluding hydrogens is 348 g/mol. The average Bonchev–Trinajstić information content (AvgIpc) is 3.15. The van der Waals surface area contributed by atoms with Gasteiger partial charge < -0.3 is 13.7 Å². The number of hydrogen-bond donors (Lipinski definition) is 0. The molecule has 1 aliphatic rings. The molecule has 26 heavy (non-hydrogen) atoms. The first-order valence-corrected chi connectivity index (χ1v) is 9.47. The maximum atomic E-state index is 6.07. The molecule has 1 aliphatic heterocycles. The Morgan fingerprint density at radius 1 is 1.27 bits per heavy atom. The Kier molecular flexibility index (Phi) is 4.74. The molecule has 0 spiro atoms. The molecule has 1 atom stereocenters. The standard InChI is InChI=1S/C19H22N4O2S/c1-13-4-6-17-15(8-13)10-23(9-14(2)24-17)11-16-5-7-18(25-16)26-19-21-20-12-22(19)3/h4-8,12,14H,9-11H2,1-3H3/t14-/m0/s1. The van der Waals surface area contributed by atoms with Gasteiger partial charge in [-0.25, -0.2) is 0 Å². The lowest BCUT2D eigenvalue weighted by molar-refractivity contribution is 0.148. The maximum Gasteiger partial charge on any atom is 0.198 e. The number of rotatable bonds is 4. The van der Waals surface area contributed by atoms with Crippen molar-refractivity contribution in [1.82, 2.24) is 19.7 Å². The van der Waals surface area contributed by atoms with Gasteiger partial charge in [0.05, 0.1) is 6.54 Å². The van der Waals surface area contributed by atoms with Crippen molar-refractivity contribution < 1.29 is 9.15 Å². The van der Waals surface area contributed by atoms with Gasteiger partial charge in [-0.15, -0.1) is 10.2 Å². The quantitative estimate of drug-likeness (QED) is 0.699. The van der Waals surface area contributed by atoms with Gasteiger partial charge in [0.15, 0.2) is 10.2 Å². The highest BCUT2D eigenvalue weighted by Crippen LogP contribution is 2.30. The summed E-state index contributed by atoms with van der Waals surface area (Å²) >= 11 is 1.48. The fourth-order valence-corrected chi connectivity index (χ4v) is 3.91. The molecule has 0 fully saturated rings. The van der Waals surface area contributed by atoms with Gasteiger partial charge in [-0.05, 0) is 43.8 Å². The number of aromatic nitrogens is 3. The molecular formula is C19H22N4O2S. The van der Waals surface area contributed by atoms with Crippen molar-refractivity contribution in [2.45, 2.75) is 43.3 Å². The van der Waals surface area contributed by atoms with Crippen LogP contribution < -0.4 is 4.74 Å². The fourth-order valence-electron chi connectivity index (χ4n) is 3.16. The largest absolute Gasteiger partial charge is 0.489 e. The lowest BCUT2D eigenvalue weighted by Crippen LogP contribution is -2.30. The molecule has 0 aliphatic carbocycles. The maximum absolute atomic E-state index is 6.07. The predicted octanol–water partition coefficient (Wildman–Crippen LogP) is 3.65. The highest BCUT2D eigenvalue weighted by Gasteiger charge is 2.21. The summed E-state index contributed by atoms with van der Waals surface area (Å²) in [5.74, 6) is 1.93. The molecule has 2 aromatic heterocycles. The van der Waals surface area contributed by atoms with Crippen LogP contribution in [0, 0.1) is 6.92 Å². The molecule has 0 N–H and O–H groups in total. The van der Waals surface area contributed by atoms with Gasteiger partial charge in [-0.3, -0.25) is 4.90 Å². The van der Waals surface area contributed by atoms with Crippen molar-refractivity contribution in [3.8, 4) is 5.75 Å². The van der Waals surface area contributed by atoms with E-state index in [2.05, 4.69) is 47.1 Å². The van der Waals surface area contributed by atoms with Gasteiger partial charge in [-0.2, -0.15) is 0 Å².